The molecular formula is C16H24N2S. The number of piperazine rings is 1. The molecule has 4 rings (SSSR count). The van der Waals surface area contributed by atoms with E-state index in [2.05, 4.69) is 34.0 Å². The van der Waals surface area contributed by atoms with Crippen LogP contribution in [-0.4, -0.2) is 29.6 Å². The van der Waals surface area contributed by atoms with Crippen molar-refractivity contribution in [3.8, 4) is 0 Å². The highest BCUT2D eigenvalue weighted by Gasteiger charge is 2.48. The van der Waals surface area contributed by atoms with Gasteiger partial charge in [-0.05, 0) is 66.8 Å². The fourth-order valence-electron chi connectivity index (χ4n) is 3.79. The van der Waals surface area contributed by atoms with Crippen LogP contribution in [0, 0.1) is 11.8 Å². The average Bonchev–Trinajstić information content (AvgIpc) is 3.29. The molecule has 104 valence electrons. The Bertz CT molecular complexity index is 436. The molecule has 2 heterocycles. The van der Waals surface area contributed by atoms with Crippen molar-refractivity contribution in [1.29, 1.82) is 0 Å². The fraction of sp³-hybridized carbons (Fsp3) is 0.750. The molecule has 1 aromatic heterocycles. The van der Waals surface area contributed by atoms with Crippen LogP contribution in [-0.2, 0) is 6.54 Å². The van der Waals surface area contributed by atoms with Gasteiger partial charge in [0.2, 0.25) is 0 Å². The molecular weight excluding hydrogens is 252 g/mol. The lowest BCUT2D eigenvalue weighted by Crippen LogP contribution is -2.64. The largest absolute Gasteiger partial charge is 0.308 e. The molecule has 2 atom stereocenters. The van der Waals surface area contributed by atoms with E-state index in [-0.39, 0.29) is 0 Å². The van der Waals surface area contributed by atoms with Crippen molar-refractivity contribution in [3.05, 3.63) is 22.4 Å². The predicted octanol–water partition coefficient (Wildman–Crippen LogP) is 3.10. The summed E-state index contributed by atoms with van der Waals surface area (Å²) in [6.07, 6.45) is 5.77. The number of nitrogens with zero attached hydrogens (tertiary/aromatic N) is 1. The van der Waals surface area contributed by atoms with Gasteiger partial charge in [0, 0.05) is 31.2 Å². The van der Waals surface area contributed by atoms with E-state index < -0.39 is 0 Å². The van der Waals surface area contributed by atoms with Gasteiger partial charge in [0.15, 0.2) is 0 Å². The minimum absolute atomic E-state index is 0.376. The predicted molar refractivity (Wildman–Crippen MR) is 80.4 cm³/mol. The summed E-state index contributed by atoms with van der Waals surface area (Å²) in [6, 6.07) is 3.08. The van der Waals surface area contributed by atoms with E-state index in [1.807, 2.05) is 11.3 Å². The quantitative estimate of drug-likeness (QED) is 0.909. The van der Waals surface area contributed by atoms with E-state index in [0.717, 1.165) is 24.4 Å². The Balaban J connectivity index is 1.51. The Morgan fingerprint density at radius 3 is 2.84 bits per heavy atom. The van der Waals surface area contributed by atoms with E-state index in [0.29, 0.717) is 5.54 Å². The molecule has 0 spiro atoms. The first-order chi connectivity index (χ1) is 9.24. The van der Waals surface area contributed by atoms with Crippen LogP contribution in [0.4, 0.5) is 0 Å². The van der Waals surface area contributed by atoms with E-state index in [9.17, 15) is 0 Å². The van der Waals surface area contributed by atoms with Gasteiger partial charge in [-0.15, -0.1) is 0 Å². The summed E-state index contributed by atoms with van der Waals surface area (Å²) in [4.78, 5) is 2.79. The number of nitrogens with one attached hydrogen (secondary N) is 1. The van der Waals surface area contributed by atoms with Crippen molar-refractivity contribution in [1.82, 2.24) is 10.2 Å². The SMILES string of the molecule is CC1(C2CC2)CN(Cc2ccsc2)C(C2CC2)CN1. The van der Waals surface area contributed by atoms with Gasteiger partial charge in [-0.3, -0.25) is 4.90 Å². The molecule has 19 heavy (non-hydrogen) atoms. The zero-order valence-corrected chi connectivity index (χ0v) is 12.6. The van der Waals surface area contributed by atoms with Gasteiger partial charge in [0.05, 0.1) is 0 Å². The van der Waals surface area contributed by atoms with Gasteiger partial charge < -0.3 is 5.32 Å². The zero-order valence-electron chi connectivity index (χ0n) is 11.8. The Morgan fingerprint density at radius 2 is 2.21 bits per heavy atom. The number of hydrogen-bond donors (Lipinski definition) is 1. The highest BCUT2D eigenvalue weighted by atomic mass is 32.1. The van der Waals surface area contributed by atoms with Crippen LogP contribution < -0.4 is 5.32 Å². The lowest BCUT2D eigenvalue weighted by atomic mass is 9.89. The normalized spacial score (nSPS) is 36.6. The molecule has 3 aliphatic rings. The maximum atomic E-state index is 3.90. The third-order valence-corrected chi connectivity index (χ3v) is 6.06. The molecule has 0 amide bonds. The third kappa shape index (κ3) is 2.48. The summed E-state index contributed by atoms with van der Waals surface area (Å²) in [7, 11) is 0. The van der Waals surface area contributed by atoms with Gasteiger partial charge in [-0.25, -0.2) is 0 Å². The van der Waals surface area contributed by atoms with Gasteiger partial charge in [-0.2, -0.15) is 11.3 Å². The van der Waals surface area contributed by atoms with Crippen molar-refractivity contribution < 1.29 is 0 Å². The Morgan fingerprint density at radius 1 is 1.37 bits per heavy atom. The minimum Gasteiger partial charge on any atom is -0.308 e. The highest BCUT2D eigenvalue weighted by Crippen LogP contribution is 2.44. The van der Waals surface area contributed by atoms with Crippen molar-refractivity contribution >= 4 is 11.3 Å². The maximum absolute atomic E-state index is 3.90. The Hall–Kier alpha value is -0.380. The Kier molecular flexibility index (Phi) is 2.98. The lowest BCUT2D eigenvalue weighted by molar-refractivity contribution is 0.0579. The molecule has 1 saturated heterocycles. The summed E-state index contributed by atoms with van der Waals surface area (Å²) in [5, 5.41) is 8.43. The molecule has 2 aliphatic carbocycles. The molecule has 1 aliphatic heterocycles. The summed E-state index contributed by atoms with van der Waals surface area (Å²) in [6.45, 7) is 6.07. The van der Waals surface area contributed by atoms with Crippen LogP contribution in [0.3, 0.4) is 0 Å². The van der Waals surface area contributed by atoms with Crippen LogP contribution in [0.15, 0.2) is 16.8 Å². The van der Waals surface area contributed by atoms with Crippen LogP contribution in [0.25, 0.3) is 0 Å². The van der Waals surface area contributed by atoms with Gasteiger partial charge in [0.25, 0.3) is 0 Å². The molecule has 3 fully saturated rings. The van der Waals surface area contributed by atoms with Gasteiger partial charge in [0.1, 0.15) is 0 Å². The monoisotopic (exact) mass is 276 g/mol. The fourth-order valence-corrected chi connectivity index (χ4v) is 4.45. The highest BCUT2D eigenvalue weighted by molar-refractivity contribution is 7.07. The molecule has 0 bridgehead atoms. The third-order valence-electron chi connectivity index (χ3n) is 5.33. The van der Waals surface area contributed by atoms with Crippen molar-refractivity contribution in [3.63, 3.8) is 0 Å². The standard InChI is InChI=1S/C16H24N2S/c1-16(14-4-5-14)11-18(9-12-6-7-19-10-12)15(8-17-16)13-2-3-13/h6-7,10,13-15,17H,2-5,8-9,11H2,1H3. The summed E-state index contributed by atoms with van der Waals surface area (Å²) >= 11 is 1.83. The van der Waals surface area contributed by atoms with Crippen molar-refractivity contribution in [2.75, 3.05) is 13.1 Å². The molecule has 1 N–H and O–H groups in total. The van der Waals surface area contributed by atoms with Crippen LogP contribution in [0.5, 0.6) is 0 Å². The second kappa shape index (κ2) is 4.57. The lowest BCUT2D eigenvalue weighted by Gasteiger charge is -2.47. The maximum Gasteiger partial charge on any atom is 0.0309 e. The molecule has 3 heteroatoms. The summed E-state index contributed by atoms with van der Waals surface area (Å²) in [5.74, 6) is 1.90. The van der Waals surface area contributed by atoms with Crippen LogP contribution >= 0.6 is 11.3 Å². The first-order valence-electron chi connectivity index (χ1n) is 7.75. The second-order valence-corrected chi connectivity index (χ2v) is 7.79. The summed E-state index contributed by atoms with van der Waals surface area (Å²) in [5.41, 5.74) is 1.89. The number of hydrogen-bond acceptors (Lipinski definition) is 3. The van der Waals surface area contributed by atoms with Gasteiger partial charge >= 0.3 is 0 Å². The molecule has 0 radical (unpaired) electrons. The number of rotatable bonds is 4. The van der Waals surface area contributed by atoms with Crippen molar-refractivity contribution in [2.24, 2.45) is 11.8 Å². The first-order valence-corrected chi connectivity index (χ1v) is 8.69. The molecule has 1 aromatic rings. The van der Waals surface area contributed by atoms with E-state index in [1.54, 1.807) is 0 Å². The average molecular weight is 276 g/mol. The zero-order chi connectivity index (χ0) is 12.9. The topological polar surface area (TPSA) is 15.3 Å². The molecule has 2 saturated carbocycles. The number of thiophene rings is 1. The van der Waals surface area contributed by atoms with Crippen molar-refractivity contribution in [2.45, 2.75) is 50.7 Å². The van der Waals surface area contributed by atoms with Gasteiger partial charge in [-0.1, -0.05) is 0 Å². The van der Waals surface area contributed by atoms with E-state index in [1.165, 1.54) is 44.3 Å². The molecule has 2 unspecified atom stereocenters. The molecule has 2 nitrogen and oxygen atoms in total. The molecule has 0 aromatic carbocycles. The van der Waals surface area contributed by atoms with Crippen LogP contribution in [0.2, 0.25) is 0 Å². The van der Waals surface area contributed by atoms with E-state index >= 15 is 0 Å². The first kappa shape index (κ1) is 12.4. The summed E-state index contributed by atoms with van der Waals surface area (Å²) < 4.78 is 0. The van der Waals surface area contributed by atoms with E-state index in [4.69, 9.17) is 0 Å². The Labute approximate surface area is 120 Å². The smallest absolute Gasteiger partial charge is 0.0309 e. The second-order valence-electron chi connectivity index (χ2n) is 7.01. The minimum atomic E-state index is 0.376. The van der Waals surface area contributed by atoms with Crippen LogP contribution in [0.1, 0.15) is 38.2 Å².